The van der Waals surface area contributed by atoms with E-state index in [2.05, 4.69) is 0 Å². The molecule has 0 unspecified atom stereocenters. The number of hydrogen-bond acceptors (Lipinski definition) is 4. The largest absolute Gasteiger partial charge is 0.461 e. The first kappa shape index (κ1) is 22.3. The maximum Gasteiger partial charge on any atom is 0.306 e. The minimum Gasteiger partial charge on any atom is -0.461 e. The molecule has 0 heterocycles. The Labute approximate surface area is 175 Å². The molecular weight excluding hydrogens is 399 g/mol. The SMILES string of the molecule is O=C(CCCCl)OCc1ccc(-c2ccc(COC(=O)CCCCl)cc2)cc1. The molecule has 0 bridgehead atoms. The van der Waals surface area contributed by atoms with E-state index in [4.69, 9.17) is 32.7 Å². The first-order chi connectivity index (χ1) is 13.6. The molecule has 0 saturated carbocycles. The summed E-state index contributed by atoms with van der Waals surface area (Å²) in [5, 5.41) is 0. The van der Waals surface area contributed by atoms with Crippen LogP contribution in [0.4, 0.5) is 0 Å². The number of hydrogen-bond donors (Lipinski definition) is 0. The second-order valence-electron chi connectivity index (χ2n) is 6.30. The van der Waals surface area contributed by atoms with Crippen LogP contribution in [0.2, 0.25) is 0 Å². The highest BCUT2D eigenvalue weighted by Crippen LogP contribution is 2.21. The monoisotopic (exact) mass is 422 g/mol. The zero-order valence-corrected chi connectivity index (χ0v) is 17.2. The van der Waals surface area contributed by atoms with Gasteiger partial charge in [0, 0.05) is 24.6 Å². The molecule has 150 valence electrons. The molecule has 0 aliphatic carbocycles. The Bertz CT molecular complexity index is 677. The molecule has 2 aromatic rings. The van der Waals surface area contributed by atoms with Crippen LogP contribution in [0.1, 0.15) is 36.8 Å². The van der Waals surface area contributed by atoms with Crippen molar-refractivity contribution >= 4 is 35.1 Å². The van der Waals surface area contributed by atoms with Crippen molar-refractivity contribution in [2.75, 3.05) is 11.8 Å². The molecule has 28 heavy (non-hydrogen) atoms. The maximum absolute atomic E-state index is 11.5. The van der Waals surface area contributed by atoms with E-state index in [1.54, 1.807) is 0 Å². The van der Waals surface area contributed by atoms with E-state index in [0.717, 1.165) is 22.3 Å². The van der Waals surface area contributed by atoms with Gasteiger partial charge in [-0.15, -0.1) is 23.2 Å². The Hall–Kier alpha value is -2.04. The Balaban J connectivity index is 1.84. The fourth-order valence-electron chi connectivity index (χ4n) is 2.48. The fraction of sp³-hybridized carbons (Fsp3) is 0.364. The smallest absolute Gasteiger partial charge is 0.306 e. The van der Waals surface area contributed by atoms with Gasteiger partial charge in [0.05, 0.1) is 0 Å². The highest BCUT2D eigenvalue weighted by atomic mass is 35.5. The van der Waals surface area contributed by atoms with E-state index in [1.165, 1.54) is 0 Å². The van der Waals surface area contributed by atoms with Gasteiger partial charge in [0.2, 0.25) is 0 Å². The van der Waals surface area contributed by atoms with E-state index in [-0.39, 0.29) is 25.2 Å². The summed E-state index contributed by atoms with van der Waals surface area (Å²) in [5.41, 5.74) is 3.98. The second kappa shape index (κ2) is 12.4. The molecule has 2 aromatic carbocycles. The van der Waals surface area contributed by atoms with Crippen molar-refractivity contribution in [3.8, 4) is 11.1 Å². The number of alkyl halides is 2. The summed E-state index contributed by atoms with van der Waals surface area (Å²) in [7, 11) is 0. The molecule has 0 spiro atoms. The average Bonchev–Trinajstić information content (AvgIpc) is 2.74. The topological polar surface area (TPSA) is 52.6 Å². The predicted molar refractivity (Wildman–Crippen MR) is 111 cm³/mol. The molecule has 0 aromatic heterocycles. The molecule has 0 fully saturated rings. The minimum absolute atomic E-state index is 0.233. The zero-order valence-electron chi connectivity index (χ0n) is 15.7. The van der Waals surface area contributed by atoms with E-state index in [1.807, 2.05) is 48.5 Å². The molecular formula is C22H24Cl2O4. The van der Waals surface area contributed by atoms with Crippen LogP contribution in [0.15, 0.2) is 48.5 Å². The van der Waals surface area contributed by atoms with Crippen LogP contribution in [-0.4, -0.2) is 23.7 Å². The number of halogens is 2. The molecule has 0 atom stereocenters. The molecule has 2 rings (SSSR count). The molecule has 0 aliphatic heterocycles. The first-order valence-corrected chi connectivity index (χ1v) is 10.3. The maximum atomic E-state index is 11.5. The van der Waals surface area contributed by atoms with E-state index >= 15 is 0 Å². The van der Waals surface area contributed by atoms with Crippen LogP contribution in [-0.2, 0) is 32.3 Å². The quantitative estimate of drug-likeness (QED) is 0.355. The van der Waals surface area contributed by atoms with Crippen molar-refractivity contribution in [3.05, 3.63) is 59.7 Å². The van der Waals surface area contributed by atoms with Gasteiger partial charge in [-0.1, -0.05) is 48.5 Å². The van der Waals surface area contributed by atoms with Gasteiger partial charge < -0.3 is 9.47 Å². The predicted octanol–water partition coefficient (Wildman–Crippen LogP) is 5.48. The number of ether oxygens (including phenoxy) is 2. The Morgan fingerprint density at radius 2 is 1.00 bits per heavy atom. The lowest BCUT2D eigenvalue weighted by molar-refractivity contribution is -0.145. The molecule has 0 radical (unpaired) electrons. The lowest BCUT2D eigenvalue weighted by atomic mass is 10.0. The summed E-state index contributed by atoms with van der Waals surface area (Å²) >= 11 is 11.1. The third kappa shape index (κ3) is 7.91. The Morgan fingerprint density at radius 3 is 1.32 bits per heavy atom. The third-order valence-electron chi connectivity index (χ3n) is 4.07. The first-order valence-electron chi connectivity index (χ1n) is 9.24. The van der Waals surface area contributed by atoms with E-state index in [0.29, 0.717) is 37.4 Å². The van der Waals surface area contributed by atoms with Gasteiger partial charge >= 0.3 is 11.9 Å². The van der Waals surface area contributed by atoms with Crippen LogP contribution >= 0.6 is 23.2 Å². The van der Waals surface area contributed by atoms with Crippen molar-refractivity contribution in [2.45, 2.75) is 38.9 Å². The third-order valence-corrected chi connectivity index (χ3v) is 4.60. The molecule has 0 saturated heterocycles. The van der Waals surface area contributed by atoms with Crippen LogP contribution in [0.25, 0.3) is 11.1 Å². The van der Waals surface area contributed by atoms with Gasteiger partial charge in [-0.3, -0.25) is 9.59 Å². The molecule has 0 amide bonds. The normalized spacial score (nSPS) is 10.5. The number of carbonyl (C=O) groups excluding carboxylic acids is 2. The van der Waals surface area contributed by atoms with Gasteiger partial charge in [0.1, 0.15) is 13.2 Å². The van der Waals surface area contributed by atoms with Gasteiger partial charge in [0.15, 0.2) is 0 Å². The fourth-order valence-corrected chi connectivity index (χ4v) is 2.75. The molecule has 0 N–H and O–H groups in total. The number of rotatable bonds is 11. The van der Waals surface area contributed by atoms with Crippen molar-refractivity contribution in [1.82, 2.24) is 0 Å². The number of carbonyl (C=O) groups is 2. The van der Waals surface area contributed by atoms with Crippen LogP contribution < -0.4 is 0 Å². The van der Waals surface area contributed by atoms with Crippen molar-refractivity contribution in [3.63, 3.8) is 0 Å². The van der Waals surface area contributed by atoms with Gasteiger partial charge in [-0.25, -0.2) is 0 Å². The summed E-state index contributed by atoms with van der Waals surface area (Å²) < 4.78 is 10.4. The van der Waals surface area contributed by atoms with Crippen molar-refractivity contribution in [1.29, 1.82) is 0 Å². The number of benzene rings is 2. The summed E-state index contributed by atoms with van der Waals surface area (Å²) in [4.78, 5) is 23.0. The summed E-state index contributed by atoms with van der Waals surface area (Å²) in [6.07, 6.45) is 1.94. The van der Waals surface area contributed by atoms with Crippen LogP contribution in [0.5, 0.6) is 0 Å². The second-order valence-corrected chi connectivity index (χ2v) is 7.06. The molecule has 0 aliphatic rings. The average molecular weight is 423 g/mol. The highest BCUT2D eigenvalue weighted by Gasteiger charge is 2.05. The highest BCUT2D eigenvalue weighted by molar-refractivity contribution is 6.18. The molecule has 4 nitrogen and oxygen atoms in total. The standard InChI is InChI=1S/C22H24Cl2O4/c23-13-1-3-21(25)27-15-17-5-9-19(10-6-17)20-11-7-18(8-12-20)16-28-22(26)4-2-14-24/h5-12H,1-4,13-16H2. The summed E-state index contributed by atoms with van der Waals surface area (Å²) in [6.45, 7) is 0.519. The van der Waals surface area contributed by atoms with Crippen LogP contribution in [0, 0.1) is 0 Å². The van der Waals surface area contributed by atoms with Gasteiger partial charge in [-0.2, -0.15) is 0 Å². The lowest BCUT2D eigenvalue weighted by Crippen LogP contribution is -2.04. The zero-order chi connectivity index (χ0) is 20.2. The Kier molecular flexibility index (Phi) is 9.87. The van der Waals surface area contributed by atoms with Gasteiger partial charge in [0.25, 0.3) is 0 Å². The van der Waals surface area contributed by atoms with Gasteiger partial charge in [-0.05, 0) is 35.1 Å². The van der Waals surface area contributed by atoms with E-state index < -0.39 is 0 Å². The van der Waals surface area contributed by atoms with E-state index in [9.17, 15) is 9.59 Å². The van der Waals surface area contributed by atoms with Crippen LogP contribution in [0.3, 0.4) is 0 Å². The lowest BCUT2D eigenvalue weighted by Gasteiger charge is -2.08. The Morgan fingerprint density at radius 1 is 0.643 bits per heavy atom. The minimum atomic E-state index is -0.233. The molecule has 6 heteroatoms. The summed E-state index contributed by atoms with van der Waals surface area (Å²) in [5.74, 6) is 0.449. The summed E-state index contributed by atoms with van der Waals surface area (Å²) in [6, 6.07) is 15.7. The van der Waals surface area contributed by atoms with Crippen molar-refractivity contribution < 1.29 is 19.1 Å². The number of esters is 2. The van der Waals surface area contributed by atoms with Crippen molar-refractivity contribution in [2.24, 2.45) is 0 Å².